The molecule has 0 aliphatic rings. The van der Waals surface area contributed by atoms with Crippen molar-refractivity contribution < 1.29 is 23.9 Å². The number of rotatable bonds is 11. The van der Waals surface area contributed by atoms with Gasteiger partial charge in [-0.3, -0.25) is 19.5 Å². The molecule has 0 atom stereocenters. The van der Waals surface area contributed by atoms with E-state index in [1.165, 1.54) is 18.2 Å². The number of likely N-dealkylation sites (N-methyl/N-ethyl adjacent to an activating group) is 1. The molecule has 2 aromatic carbocycles. The summed E-state index contributed by atoms with van der Waals surface area (Å²) in [7, 11) is 3.65. The average Bonchev–Trinajstić information content (AvgIpc) is 3.33. The zero-order chi connectivity index (χ0) is 28.9. The molecule has 0 saturated carbocycles. The fourth-order valence-electron chi connectivity index (χ4n) is 3.68. The normalized spacial score (nSPS) is 11.3. The van der Waals surface area contributed by atoms with Crippen LogP contribution in [0.2, 0.25) is 0 Å². The molecule has 2 aromatic heterocycles. The van der Waals surface area contributed by atoms with Crippen LogP contribution in [-0.2, 0) is 21.0 Å². The number of esters is 1. The summed E-state index contributed by atoms with van der Waals surface area (Å²) in [6.45, 7) is 6.63. The van der Waals surface area contributed by atoms with Gasteiger partial charge in [-0.2, -0.15) is 9.97 Å². The first-order valence-corrected chi connectivity index (χ1v) is 12.6. The van der Waals surface area contributed by atoms with Crippen molar-refractivity contribution in [3.8, 4) is 11.6 Å². The lowest BCUT2D eigenvalue weighted by molar-refractivity contribution is -0.384. The van der Waals surface area contributed by atoms with Crippen LogP contribution in [0.3, 0.4) is 0 Å². The van der Waals surface area contributed by atoms with Crippen LogP contribution >= 0.6 is 0 Å². The number of carbonyl (C=O) groups is 1. The number of nitro benzene ring substituents is 1. The van der Waals surface area contributed by atoms with Gasteiger partial charge in [-0.25, -0.2) is 0 Å². The molecule has 210 valence electrons. The van der Waals surface area contributed by atoms with Crippen molar-refractivity contribution in [2.75, 3.05) is 37.5 Å². The highest BCUT2D eigenvalue weighted by Gasteiger charge is 2.24. The molecular weight excluding hydrogens is 516 g/mol. The Morgan fingerprint density at radius 3 is 2.55 bits per heavy atom. The van der Waals surface area contributed by atoms with Crippen molar-refractivity contribution in [1.29, 1.82) is 0 Å². The Labute approximate surface area is 231 Å². The standard InChI is InChI=1S/C28H32N6O6/c1-28(2,3)26(35)39-18-33-14-13-23-24(33)30-27(29-19-9-11-20(12-10-19)32(4)15-16-38-5)31-25(23)40-22-8-6-7-21(17-22)34(36)37/h6-14,17H,15-16,18H2,1-5H3,(H,29,30,31). The highest BCUT2D eigenvalue weighted by molar-refractivity contribution is 5.83. The molecule has 0 aliphatic heterocycles. The fourth-order valence-corrected chi connectivity index (χ4v) is 3.68. The van der Waals surface area contributed by atoms with Crippen LogP contribution in [-0.4, -0.2) is 52.7 Å². The van der Waals surface area contributed by atoms with Gasteiger partial charge in [0, 0.05) is 44.3 Å². The Balaban J connectivity index is 1.66. The van der Waals surface area contributed by atoms with Gasteiger partial charge in [0.2, 0.25) is 11.8 Å². The minimum absolute atomic E-state index is 0.0607. The molecule has 12 heteroatoms. The van der Waals surface area contributed by atoms with E-state index in [0.29, 0.717) is 17.6 Å². The molecule has 4 rings (SSSR count). The largest absolute Gasteiger partial charge is 0.443 e. The molecule has 0 fully saturated rings. The van der Waals surface area contributed by atoms with Gasteiger partial charge >= 0.3 is 5.97 Å². The monoisotopic (exact) mass is 548 g/mol. The second kappa shape index (κ2) is 12.0. The van der Waals surface area contributed by atoms with Crippen molar-refractivity contribution >= 4 is 40.0 Å². The van der Waals surface area contributed by atoms with Gasteiger partial charge in [0.25, 0.3) is 5.69 Å². The summed E-state index contributed by atoms with van der Waals surface area (Å²) in [5.74, 6) is 0.307. The van der Waals surface area contributed by atoms with E-state index >= 15 is 0 Å². The fraction of sp³-hybridized carbons (Fsp3) is 0.321. The molecule has 0 spiro atoms. The van der Waals surface area contributed by atoms with Crippen molar-refractivity contribution in [1.82, 2.24) is 14.5 Å². The molecule has 40 heavy (non-hydrogen) atoms. The number of anilines is 3. The number of methoxy groups -OCH3 is 1. The first kappa shape index (κ1) is 28.3. The number of nitrogens with one attached hydrogen (secondary N) is 1. The predicted molar refractivity (Wildman–Crippen MR) is 151 cm³/mol. The Morgan fingerprint density at radius 2 is 1.88 bits per heavy atom. The summed E-state index contributed by atoms with van der Waals surface area (Å²) in [4.78, 5) is 34.4. The quantitative estimate of drug-likeness (QED) is 0.145. The zero-order valence-corrected chi connectivity index (χ0v) is 23.1. The summed E-state index contributed by atoms with van der Waals surface area (Å²) >= 11 is 0. The van der Waals surface area contributed by atoms with Crippen LogP contribution in [0.4, 0.5) is 23.0 Å². The smallest absolute Gasteiger partial charge is 0.312 e. The first-order valence-electron chi connectivity index (χ1n) is 12.6. The molecule has 0 aliphatic carbocycles. The second-order valence-electron chi connectivity index (χ2n) is 10.1. The molecule has 12 nitrogen and oxygen atoms in total. The average molecular weight is 549 g/mol. The first-order chi connectivity index (χ1) is 19.0. The summed E-state index contributed by atoms with van der Waals surface area (Å²) in [5, 5.41) is 15.0. The van der Waals surface area contributed by atoms with E-state index in [9.17, 15) is 14.9 Å². The Hall–Kier alpha value is -4.71. The molecule has 0 radical (unpaired) electrons. The summed E-state index contributed by atoms with van der Waals surface area (Å²) < 4.78 is 18.3. The minimum Gasteiger partial charge on any atom is -0.443 e. The van der Waals surface area contributed by atoms with E-state index in [4.69, 9.17) is 14.2 Å². The third-order valence-corrected chi connectivity index (χ3v) is 5.97. The van der Waals surface area contributed by atoms with Gasteiger partial charge in [0.1, 0.15) is 5.75 Å². The molecule has 4 aromatic rings. The highest BCUT2D eigenvalue weighted by atomic mass is 16.6. The SMILES string of the molecule is COCCN(C)c1ccc(Nc2nc(Oc3cccc([N+](=O)[O-])c3)c3ccn(COC(=O)C(C)(C)C)c3n2)cc1. The molecular formula is C28H32N6O6. The number of non-ortho nitro benzene ring substituents is 1. The summed E-state index contributed by atoms with van der Waals surface area (Å²) in [5.41, 5.74) is 1.44. The van der Waals surface area contributed by atoms with E-state index < -0.39 is 10.3 Å². The number of aromatic nitrogens is 3. The second-order valence-corrected chi connectivity index (χ2v) is 10.1. The van der Waals surface area contributed by atoms with Crippen LogP contribution in [0.25, 0.3) is 11.0 Å². The van der Waals surface area contributed by atoms with Crippen molar-refractivity contribution in [3.63, 3.8) is 0 Å². The van der Waals surface area contributed by atoms with Gasteiger partial charge in [-0.15, -0.1) is 0 Å². The van der Waals surface area contributed by atoms with E-state index in [1.807, 2.05) is 31.3 Å². The Bertz CT molecular complexity index is 1500. The van der Waals surface area contributed by atoms with Gasteiger partial charge in [0.15, 0.2) is 12.4 Å². The van der Waals surface area contributed by atoms with Gasteiger partial charge in [-0.1, -0.05) is 6.07 Å². The van der Waals surface area contributed by atoms with Crippen molar-refractivity contribution in [3.05, 3.63) is 70.9 Å². The van der Waals surface area contributed by atoms with Gasteiger partial charge < -0.3 is 24.4 Å². The third kappa shape index (κ3) is 6.83. The number of fused-ring (bicyclic) bond motifs is 1. The van der Waals surface area contributed by atoms with Gasteiger partial charge in [0.05, 0.1) is 28.4 Å². The lowest BCUT2D eigenvalue weighted by atomic mass is 9.98. The lowest BCUT2D eigenvalue weighted by Gasteiger charge is -2.19. The summed E-state index contributed by atoms with van der Waals surface area (Å²) in [6, 6.07) is 15.3. The van der Waals surface area contributed by atoms with Crippen LogP contribution < -0.4 is 15.0 Å². The number of nitro groups is 1. The van der Waals surface area contributed by atoms with Crippen molar-refractivity contribution in [2.45, 2.75) is 27.5 Å². The van der Waals surface area contributed by atoms with Crippen molar-refractivity contribution in [2.24, 2.45) is 5.41 Å². The third-order valence-electron chi connectivity index (χ3n) is 5.97. The van der Waals surface area contributed by atoms with Crippen LogP contribution in [0.5, 0.6) is 11.6 Å². The Kier molecular flexibility index (Phi) is 8.49. The number of hydrogen-bond acceptors (Lipinski definition) is 10. The maximum Gasteiger partial charge on any atom is 0.312 e. The molecule has 0 bridgehead atoms. The van der Waals surface area contributed by atoms with E-state index in [0.717, 1.165) is 17.9 Å². The molecule has 1 N–H and O–H groups in total. The number of carbonyl (C=O) groups excluding carboxylic acids is 1. The number of nitrogens with zero attached hydrogens (tertiary/aromatic N) is 5. The molecule has 2 heterocycles. The van der Waals surface area contributed by atoms with Crippen LogP contribution in [0, 0.1) is 15.5 Å². The van der Waals surface area contributed by atoms with Gasteiger partial charge in [-0.05, 0) is 57.2 Å². The number of benzene rings is 2. The van der Waals surface area contributed by atoms with E-state index in [1.54, 1.807) is 50.8 Å². The maximum absolute atomic E-state index is 12.4. The maximum atomic E-state index is 12.4. The van der Waals surface area contributed by atoms with E-state index in [2.05, 4.69) is 20.2 Å². The molecule has 0 amide bonds. The molecule has 0 saturated heterocycles. The lowest BCUT2D eigenvalue weighted by Crippen LogP contribution is -2.24. The number of ether oxygens (including phenoxy) is 3. The Morgan fingerprint density at radius 1 is 1.12 bits per heavy atom. The minimum atomic E-state index is -0.662. The van der Waals surface area contributed by atoms with Crippen LogP contribution in [0.15, 0.2) is 60.8 Å². The van der Waals surface area contributed by atoms with E-state index in [-0.39, 0.29) is 36.0 Å². The number of hydrogen-bond donors (Lipinski definition) is 1. The highest BCUT2D eigenvalue weighted by Crippen LogP contribution is 2.32. The molecule has 0 unspecified atom stereocenters. The topological polar surface area (TPSA) is 134 Å². The predicted octanol–water partition coefficient (Wildman–Crippen LogP) is 5.50. The zero-order valence-electron chi connectivity index (χ0n) is 23.1. The summed E-state index contributed by atoms with van der Waals surface area (Å²) in [6.07, 6.45) is 1.71. The van der Waals surface area contributed by atoms with Crippen LogP contribution in [0.1, 0.15) is 20.8 Å².